The summed E-state index contributed by atoms with van der Waals surface area (Å²) in [5.41, 5.74) is 0. The van der Waals surface area contributed by atoms with Crippen molar-refractivity contribution in [2.75, 3.05) is 39.6 Å². The second-order valence-electron chi connectivity index (χ2n) is 29.8. The summed E-state index contributed by atoms with van der Waals surface area (Å²) in [4.78, 5) is 72.8. The number of ether oxygens (including phenoxy) is 4. The van der Waals surface area contributed by atoms with Crippen LogP contribution in [0.4, 0.5) is 0 Å². The van der Waals surface area contributed by atoms with Crippen LogP contribution in [-0.4, -0.2) is 96.7 Å². The minimum atomic E-state index is -4.96. The molecule has 576 valence electrons. The highest BCUT2D eigenvalue weighted by Crippen LogP contribution is 2.45. The first kappa shape index (κ1) is 95.1. The van der Waals surface area contributed by atoms with Crippen molar-refractivity contribution in [2.24, 2.45) is 23.7 Å². The lowest BCUT2D eigenvalue weighted by Crippen LogP contribution is -2.30. The normalized spacial score (nSPS) is 14.4. The molecule has 0 aromatic rings. The molecule has 0 fully saturated rings. The maximum atomic E-state index is 13.1. The van der Waals surface area contributed by atoms with Crippen LogP contribution in [-0.2, 0) is 65.4 Å². The molecule has 0 heterocycles. The van der Waals surface area contributed by atoms with E-state index >= 15 is 0 Å². The van der Waals surface area contributed by atoms with Crippen LogP contribution in [0.2, 0.25) is 0 Å². The van der Waals surface area contributed by atoms with Gasteiger partial charge in [0.05, 0.1) is 26.4 Å². The summed E-state index contributed by atoms with van der Waals surface area (Å²) in [5.74, 6) is 0.907. The summed E-state index contributed by atoms with van der Waals surface area (Å²) in [6, 6.07) is 0. The average molecular weight is 1420 g/mol. The van der Waals surface area contributed by atoms with Crippen LogP contribution >= 0.6 is 15.6 Å². The van der Waals surface area contributed by atoms with E-state index in [4.69, 9.17) is 37.0 Å². The average Bonchev–Trinajstić information content (AvgIpc) is 1.25. The van der Waals surface area contributed by atoms with E-state index in [1.807, 2.05) is 0 Å². The first-order chi connectivity index (χ1) is 46.6. The molecule has 3 unspecified atom stereocenters. The molecule has 3 N–H and O–H groups in total. The number of unbranched alkanes of at least 4 members (excludes halogenated alkanes) is 40. The number of carbonyl (C=O) groups excluding carboxylic acids is 4. The Morgan fingerprint density at radius 1 is 0.289 bits per heavy atom. The number of hydrogen-bond acceptors (Lipinski definition) is 15. The van der Waals surface area contributed by atoms with E-state index in [1.54, 1.807) is 0 Å². The smallest absolute Gasteiger partial charge is 0.462 e. The molecule has 6 atom stereocenters. The second kappa shape index (κ2) is 67.2. The van der Waals surface area contributed by atoms with Crippen molar-refractivity contribution in [3.8, 4) is 0 Å². The second-order valence-corrected chi connectivity index (χ2v) is 32.7. The topological polar surface area (TPSA) is 237 Å². The van der Waals surface area contributed by atoms with Crippen molar-refractivity contribution in [2.45, 2.75) is 414 Å². The van der Waals surface area contributed by atoms with Crippen molar-refractivity contribution in [1.82, 2.24) is 0 Å². The van der Waals surface area contributed by atoms with E-state index in [0.717, 1.165) is 120 Å². The van der Waals surface area contributed by atoms with Crippen molar-refractivity contribution in [3.63, 3.8) is 0 Å². The zero-order valence-corrected chi connectivity index (χ0v) is 65.5. The summed E-state index contributed by atoms with van der Waals surface area (Å²) in [5, 5.41) is 10.6. The molecule has 0 saturated heterocycles. The van der Waals surface area contributed by atoms with Gasteiger partial charge in [-0.3, -0.25) is 37.3 Å². The van der Waals surface area contributed by atoms with E-state index < -0.39 is 97.5 Å². The minimum Gasteiger partial charge on any atom is -0.462 e. The van der Waals surface area contributed by atoms with Crippen LogP contribution in [0.1, 0.15) is 396 Å². The van der Waals surface area contributed by atoms with Crippen LogP contribution in [0.5, 0.6) is 0 Å². The van der Waals surface area contributed by atoms with Gasteiger partial charge in [-0.05, 0) is 49.4 Å². The standard InChI is InChI=1S/C78H152O17P2/c1-9-71(8)57-49-41-35-37-43-51-59-76(81)89-65-74(95-78(83)61-53-45-33-29-25-21-17-13-11-15-19-23-27-31-39-47-55-69(4)5)67-93-97(86,87)91-63-72(79)62-90-96(84,85)92-66-73(64-88-75(80)58-50-42-36-34-40-48-56-70(6)7)94-77(82)60-52-44-32-28-24-20-16-12-10-14-18-22-26-30-38-46-54-68(2)3/h68-74,79H,9-67H2,1-8H3,(H,84,85)(H,86,87)/t71?,72-,73-,74-/m1/s1. The molecule has 97 heavy (non-hydrogen) atoms. The minimum absolute atomic E-state index is 0.106. The predicted octanol–water partition coefficient (Wildman–Crippen LogP) is 22.8. The molecule has 0 bridgehead atoms. The van der Waals surface area contributed by atoms with E-state index in [9.17, 15) is 43.2 Å². The van der Waals surface area contributed by atoms with Gasteiger partial charge in [-0.25, -0.2) is 9.13 Å². The van der Waals surface area contributed by atoms with Crippen LogP contribution in [0.3, 0.4) is 0 Å². The summed E-state index contributed by atoms with van der Waals surface area (Å²) >= 11 is 0. The maximum absolute atomic E-state index is 13.1. The van der Waals surface area contributed by atoms with Gasteiger partial charge in [0.1, 0.15) is 19.3 Å². The molecule has 0 aromatic carbocycles. The van der Waals surface area contributed by atoms with E-state index in [2.05, 4.69) is 55.4 Å². The van der Waals surface area contributed by atoms with E-state index in [0.29, 0.717) is 31.6 Å². The molecule has 0 aliphatic heterocycles. The summed E-state index contributed by atoms with van der Waals surface area (Å²) < 4.78 is 68.5. The number of carbonyl (C=O) groups is 4. The predicted molar refractivity (Wildman–Crippen MR) is 395 cm³/mol. The molecule has 0 aliphatic rings. The summed E-state index contributed by atoms with van der Waals surface area (Å²) in [6.45, 7) is 14.2. The fourth-order valence-corrected chi connectivity index (χ4v) is 13.5. The van der Waals surface area contributed by atoms with Gasteiger partial charge in [0.15, 0.2) is 12.2 Å². The number of phosphoric ester groups is 2. The van der Waals surface area contributed by atoms with Crippen LogP contribution in [0.25, 0.3) is 0 Å². The van der Waals surface area contributed by atoms with Crippen LogP contribution < -0.4 is 0 Å². The van der Waals surface area contributed by atoms with Gasteiger partial charge in [-0.2, -0.15) is 0 Å². The molecule has 0 aliphatic carbocycles. The summed E-state index contributed by atoms with van der Waals surface area (Å²) in [6.07, 6.45) is 53.0. The number of phosphoric acid groups is 2. The first-order valence-corrected chi connectivity index (χ1v) is 43.2. The number of esters is 4. The fourth-order valence-electron chi connectivity index (χ4n) is 11.9. The van der Waals surface area contributed by atoms with Gasteiger partial charge in [0.25, 0.3) is 0 Å². The Balaban J connectivity index is 5.17. The number of hydrogen-bond donors (Lipinski definition) is 3. The highest BCUT2D eigenvalue weighted by Gasteiger charge is 2.30. The van der Waals surface area contributed by atoms with Gasteiger partial charge in [-0.1, -0.05) is 344 Å². The third-order valence-electron chi connectivity index (χ3n) is 18.4. The van der Waals surface area contributed by atoms with Crippen molar-refractivity contribution in [3.05, 3.63) is 0 Å². The highest BCUT2D eigenvalue weighted by molar-refractivity contribution is 7.47. The molecular weight excluding hydrogens is 1270 g/mol. The van der Waals surface area contributed by atoms with Crippen LogP contribution in [0.15, 0.2) is 0 Å². The Kier molecular flexibility index (Phi) is 65.9. The lowest BCUT2D eigenvalue weighted by atomic mass is 10.00. The highest BCUT2D eigenvalue weighted by atomic mass is 31.2. The van der Waals surface area contributed by atoms with E-state index in [-0.39, 0.29) is 25.7 Å². The van der Waals surface area contributed by atoms with E-state index in [1.165, 1.54) is 186 Å². The van der Waals surface area contributed by atoms with Crippen molar-refractivity contribution in [1.29, 1.82) is 0 Å². The van der Waals surface area contributed by atoms with Gasteiger partial charge in [-0.15, -0.1) is 0 Å². The molecule has 0 amide bonds. The Morgan fingerprint density at radius 3 is 0.732 bits per heavy atom. The summed E-state index contributed by atoms with van der Waals surface area (Å²) in [7, 11) is -9.91. The van der Waals surface area contributed by atoms with Crippen LogP contribution in [0, 0.1) is 23.7 Å². The van der Waals surface area contributed by atoms with Gasteiger partial charge < -0.3 is 33.8 Å². The van der Waals surface area contributed by atoms with Crippen molar-refractivity contribution < 1.29 is 80.2 Å². The lowest BCUT2D eigenvalue weighted by Gasteiger charge is -2.21. The largest absolute Gasteiger partial charge is 0.472 e. The third kappa shape index (κ3) is 70.9. The molecule has 0 rings (SSSR count). The lowest BCUT2D eigenvalue weighted by molar-refractivity contribution is -0.161. The Labute approximate surface area is 594 Å². The van der Waals surface area contributed by atoms with Gasteiger partial charge in [0.2, 0.25) is 0 Å². The molecule has 17 nitrogen and oxygen atoms in total. The number of aliphatic hydroxyl groups is 1. The maximum Gasteiger partial charge on any atom is 0.472 e. The molecule has 19 heteroatoms. The monoisotopic (exact) mass is 1420 g/mol. The zero-order chi connectivity index (χ0) is 71.7. The zero-order valence-electron chi connectivity index (χ0n) is 63.7. The molecular formula is C78H152O17P2. The molecule has 0 aromatic heterocycles. The molecule has 0 radical (unpaired) electrons. The Morgan fingerprint density at radius 2 is 0.495 bits per heavy atom. The van der Waals surface area contributed by atoms with Gasteiger partial charge >= 0.3 is 39.5 Å². The molecule has 0 spiro atoms. The van der Waals surface area contributed by atoms with Crippen molar-refractivity contribution >= 4 is 39.5 Å². The fraction of sp³-hybridized carbons (Fsp3) is 0.949. The van der Waals surface area contributed by atoms with Gasteiger partial charge in [0, 0.05) is 25.7 Å². The Hall–Kier alpha value is -1.94. The number of aliphatic hydroxyl groups excluding tert-OH is 1. The first-order valence-electron chi connectivity index (χ1n) is 40.2. The number of rotatable bonds is 75. The SMILES string of the molecule is CCC(C)CCCCCCCCC(=O)OC[C@H](COP(=O)(O)OC[C@H](O)COP(=O)(O)OC[C@@H](COC(=O)CCCCCCCCC(C)C)OC(=O)CCCCCCCCCCCCCCCCCCC(C)C)OC(=O)CCCCCCCCCCCCCCCCCCC(C)C. The molecule has 0 saturated carbocycles. The quantitative estimate of drug-likeness (QED) is 0.0222. The Bertz CT molecular complexity index is 1900. The third-order valence-corrected chi connectivity index (χ3v) is 20.3.